The second kappa shape index (κ2) is 10.7. The second-order valence-corrected chi connectivity index (χ2v) is 7.39. The minimum Gasteiger partial charge on any atom is -0.494 e. The molecule has 0 heterocycles. The molecule has 1 N–H and O–H groups in total. The Labute approximate surface area is 169 Å². The fraction of sp³-hybridized carbons (Fsp3) is 0.458. The van der Waals surface area contributed by atoms with Gasteiger partial charge in [-0.2, -0.15) is 0 Å². The Morgan fingerprint density at radius 3 is 2.54 bits per heavy atom. The van der Waals surface area contributed by atoms with Gasteiger partial charge in [-0.25, -0.2) is 0 Å². The van der Waals surface area contributed by atoms with Crippen LogP contribution < -0.4 is 14.8 Å². The number of carbonyl (C=O) groups excluding carboxylic acids is 1. The summed E-state index contributed by atoms with van der Waals surface area (Å²) in [5.74, 6) is 1.97. The smallest absolute Gasteiger partial charge is 0.260 e. The molecule has 2 aromatic rings. The lowest BCUT2D eigenvalue weighted by atomic mass is 10.0. The van der Waals surface area contributed by atoms with Crippen LogP contribution in [0.25, 0.3) is 0 Å². The molecular formula is C24H33NO3. The van der Waals surface area contributed by atoms with Crippen molar-refractivity contribution in [2.45, 2.75) is 59.5 Å². The standard InChI is InChI=1S/C24H33NO3/c1-6-27-22-12-8-7-10-20(22)11-9-15-25-24(26)19(5)28-23-16-18(4)13-14-21(23)17(2)3/h7-8,10,12-14,16-17,19H,6,9,11,15H2,1-5H3,(H,25,26). The summed E-state index contributed by atoms with van der Waals surface area (Å²) < 4.78 is 11.6. The van der Waals surface area contributed by atoms with Gasteiger partial charge in [0, 0.05) is 6.54 Å². The van der Waals surface area contributed by atoms with Crippen LogP contribution in [-0.2, 0) is 11.2 Å². The molecule has 4 nitrogen and oxygen atoms in total. The molecule has 0 aliphatic rings. The molecular weight excluding hydrogens is 350 g/mol. The number of para-hydroxylation sites is 1. The van der Waals surface area contributed by atoms with Crippen LogP contribution in [0.5, 0.6) is 11.5 Å². The number of hydrogen-bond donors (Lipinski definition) is 1. The normalized spacial score (nSPS) is 11.9. The summed E-state index contributed by atoms with van der Waals surface area (Å²) in [7, 11) is 0. The molecule has 2 rings (SSSR count). The van der Waals surface area contributed by atoms with Crippen molar-refractivity contribution in [2.24, 2.45) is 0 Å². The zero-order chi connectivity index (χ0) is 20.5. The zero-order valence-corrected chi connectivity index (χ0v) is 17.7. The van der Waals surface area contributed by atoms with Crippen LogP contribution in [0.3, 0.4) is 0 Å². The summed E-state index contributed by atoms with van der Waals surface area (Å²) in [5, 5.41) is 2.98. The van der Waals surface area contributed by atoms with E-state index in [-0.39, 0.29) is 5.91 Å². The summed E-state index contributed by atoms with van der Waals surface area (Å²) >= 11 is 0. The fourth-order valence-electron chi connectivity index (χ4n) is 3.11. The molecule has 1 atom stereocenters. The summed E-state index contributed by atoms with van der Waals surface area (Å²) in [6, 6.07) is 14.2. The van der Waals surface area contributed by atoms with Gasteiger partial charge < -0.3 is 14.8 Å². The Kier molecular flexibility index (Phi) is 8.37. The van der Waals surface area contributed by atoms with Crippen molar-refractivity contribution < 1.29 is 14.3 Å². The first-order valence-electron chi connectivity index (χ1n) is 10.2. The molecule has 1 unspecified atom stereocenters. The van der Waals surface area contributed by atoms with Crippen molar-refractivity contribution in [3.05, 3.63) is 59.2 Å². The van der Waals surface area contributed by atoms with Crippen LogP contribution in [-0.4, -0.2) is 25.2 Å². The third kappa shape index (κ3) is 6.29. The van der Waals surface area contributed by atoms with Crippen LogP contribution in [0.4, 0.5) is 0 Å². The van der Waals surface area contributed by atoms with Gasteiger partial charge in [0.2, 0.25) is 0 Å². The minimum absolute atomic E-state index is 0.0886. The van der Waals surface area contributed by atoms with Gasteiger partial charge in [0.25, 0.3) is 5.91 Å². The lowest BCUT2D eigenvalue weighted by Crippen LogP contribution is -2.37. The lowest BCUT2D eigenvalue weighted by molar-refractivity contribution is -0.127. The van der Waals surface area contributed by atoms with Crippen LogP contribution in [0.2, 0.25) is 0 Å². The summed E-state index contributed by atoms with van der Waals surface area (Å²) in [5.41, 5.74) is 3.42. The summed E-state index contributed by atoms with van der Waals surface area (Å²) in [6.07, 6.45) is 1.18. The Morgan fingerprint density at radius 2 is 1.82 bits per heavy atom. The molecule has 0 saturated heterocycles. The third-order valence-corrected chi connectivity index (χ3v) is 4.66. The van der Waals surface area contributed by atoms with Gasteiger partial charge in [0.1, 0.15) is 11.5 Å². The maximum absolute atomic E-state index is 12.4. The number of benzene rings is 2. The average Bonchev–Trinajstić information content (AvgIpc) is 2.66. The number of carbonyl (C=O) groups is 1. The Bertz CT molecular complexity index is 770. The van der Waals surface area contributed by atoms with E-state index in [0.29, 0.717) is 19.1 Å². The molecule has 0 aliphatic heterocycles. The van der Waals surface area contributed by atoms with Crippen molar-refractivity contribution in [3.63, 3.8) is 0 Å². The number of amides is 1. The average molecular weight is 384 g/mol. The van der Waals surface area contributed by atoms with Gasteiger partial charge in [-0.3, -0.25) is 4.79 Å². The van der Waals surface area contributed by atoms with E-state index in [2.05, 4.69) is 37.4 Å². The topological polar surface area (TPSA) is 47.6 Å². The monoisotopic (exact) mass is 383 g/mol. The molecule has 0 spiro atoms. The van der Waals surface area contributed by atoms with Crippen LogP contribution in [0, 0.1) is 6.92 Å². The molecule has 0 saturated carbocycles. The van der Waals surface area contributed by atoms with Gasteiger partial charge in [-0.1, -0.05) is 44.2 Å². The highest BCUT2D eigenvalue weighted by Crippen LogP contribution is 2.28. The Hall–Kier alpha value is -2.49. The highest BCUT2D eigenvalue weighted by Gasteiger charge is 2.17. The maximum atomic E-state index is 12.4. The van der Waals surface area contributed by atoms with Crippen LogP contribution in [0.15, 0.2) is 42.5 Å². The number of nitrogens with one attached hydrogen (secondary N) is 1. The van der Waals surface area contributed by atoms with E-state index >= 15 is 0 Å². The molecule has 0 bridgehead atoms. The van der Waals surface area contributed by atoms with Crippen molar-refractivity contribution >= 4 is 5.91 Å². The number of hydrogen-bond acceptors (Lipinski definition) is 3. The van der Waals surface area contributed by atoms with Crippen molar-refractivity contribution in [1.82, 2.24) is 5.32 Å². The molecule has 0 fully saturated rings. The van der Waals surface area contributed by atoms with E-state index in [4.69, 9.17) is 9.47 Å². The molecule has 2 aromatic carbocycles. The quantitative estimate of drug-likeness (QED) is 0.585. The van der Waals surface area contributed by atoms with Gasteiger partial charge in [-0.15, -0.1) is 0 Å². The number of aryl methyl sites for hydroxylation is 2. The fourth-order valence-corrected chi connectivity index (χ4v) is 3.11. The molecule has 152 valence electrons. The summed E-state index contributed by atoms with van der Waals surface area (Å²) in [4.78, 5) is 12.4. The lowest BCUT2D eigenvalue weighted by Gasteiger charge is -2.19. The van der Waals surface area contributed by atoms with E-state index in [1.54, 1.807) is 6.92 Å². The Balaban J connectivity index is 1.85. The van der Waals surface area contributed by atoms with Crippen molar-refractivity contribution in [2.75, 3.05) is 13.2 Å². The van der Waals surface area contributed by atoms with Crippen molar-refractivity contribution in [1.29, 1.82) is 0 Å². The first-order chi connectivity index (χ1) is 13.4. The largest absolute Gasteiger partial charge is 0.494 e. The highest BCUT2D eigenvalue weighted by molar-refractivity contribution is 5.80. The molecule has 28 heavy (non-hydrogen) atoms. The summed E-state index contributed by atoms with van der Waals surface area (Å²) in [6.45, 7) is 11.3. The highest BCUT2D eigenvalue weighted by atomic mass is 16.5. The molecule has 0 aromatic heterocycles. The predicted molar refractivity (Wildman–Crippen MR) is 114 cm³/mol. The van der Waals surface area contributed by atoms with E-state index in [1.807, 2.05) is 38.1 Å². The van der Waals surface area contributed by atoms with Crippen molar-refractivity contribution in [3.8, 4) is 11.5 Å². The minimum atomic E-state index is -0.532. The zero-order valence-electron chi connectivity index (χ0n) is 17.7. The van der Waals surface area contributed by atoms with Gasteiger partial charge in [-0.05, 0) is 68.4 Å². The predicted octanol–water partition coefficient (Wildman–Crippen LogP) is 5.03. The molecule has 4 heteroatoms. The first kappa shape index (κ1) is 21.8. The van der Waals surface area contributed by atoms with E-state index < -0.39 is 6.10 Å². The molecule has 0 radical (unpaired) electrons. The Morgan fingerprint density at radius 1 is 1.07 bits per heavy atom. The van der Waals surface area contributed by atoms with Gasteiger partial charge in [0.15, 0.2) is 6.10 Å². The van der Waals surface area contributed by atoms with Crippen LogP contribution in [0.1, 0.15) is 56.7 Å². The second-order valence-electron chi connectivity index (χ2n) is 7.39. The molecule has 1 amide bonds. The maximum Gasteiger partial charge on any atom is 0.260 e. The van der Waals surface area contributed by atoms with E-state index in [9.17, 15) is 4.79 Å². The number of ether oxygens (including phenoxy) is 2. The molecule has 0 aliphatic carbocycles. The first-order valence-corrected chi connectivity index (χ1v) is 10.2. The van der Waals surface area contributed by atoms with Gasteiger partial charge in [0.05, 0.1) is 6.61 Å². The van der Waals surface area contributed by atoms with E-state index in [1.165, 1.54) is 5.56 Å². The number of rotatable bonds is 10. The SMILES string of the molecule is CCOc1ccccc1CCCNC(=O)C(C)Oc1cc(C)ccc1C(C)C. The van der Waals surface area contributed by atoms with Crippen LogP contribution >= 0.6 is 0 Å². The van der Waals surface area contributed by atoms with Gasteiger partial charge >= 0.3 is 0 Å². The van der Waals surface area contributed by atoms with E-state index in [0.717, 1.165) is 35.5 Å². The third-order valence-electron chi connectivity index (χ3n) is 4.66.